The third-order valence-corrected chi connectivity index (χ3v) is 3.69. The molecule has 1 amide bonds. The molecule has 1 aliphatic heterocycles. The van der Waals surface area contributed by atoms with Crippen molar-refractivity contribution in [2.24, 2.45) is 4.99 Å². The molecule has 0 saturated carbocycles. The number of nitrogens with zero attached hydrogens (tertiary/aromatic N) is 1. The van der Waals surface area contributed by atoms with Crippen LogP contribution in [0.5, 0.6) is 11.5 Å². The molecular weight excluding hydrogens is 322 g/mol. The number of phenolic OH excluding ortho intramolecular Hbond substituents is 1. The van der Waals surface area contributed by atoms with Crippen LogP contribution in [0.3, 0.4) is 0 Å². The molecule has 3 N–H and O–H groups in total. The Morgan fingerprint density at radius 2 is 2.12 bits per heavy atom. The smallest absolute Gasteiger partial charge is 0.248 e. The molecule has 25 heavy (non-hydrogen) atoms. The lowest BCUT2D eigenvalue weighted by atomic mass is 10.1. The maximum atomic E-state index is 11.6. The number of phenols is 1. The van der Waals surface area contributed by atoms with Crippen LogP contribution >= 0.6 is 0 Å². The Hall–Kier alpha value is -2.96. The van der Waals surface area contributed by atoms with Gasteiger partial charge in [-0.1, -0.05) is 0 Å². The Bertz CT molecular complexity index is 810. The van der Waals surface area contributed by atoms with Gasteiger partial charge in [-0.25, -0.2) is 4.99 Å². The number of aromatic hydroxyl groups is 1. The Morgan fingerprint density at radius 1 is 1.36 bits per heavy atom. The van der Waals surface area contributed by atoms with Crippen molar-refractivity contribution in [2.75, 3.05) is 13.7 Å². The van der Waals surface area contributed by atoms with E-state index in [2.05, 4.69) is 15.3 Å². The van der Waals surface area contributed by atoms with Gasteiger partial charge in [-0.2, -0.15) is 0 Å². The van der Waals surface area contributed by atoms with Crippen molar-refractivity contribution < 1.29 is 19.4 Å². The van der Waals surface area contributed by atoms with Crippen molar-refractivity contribution in [2.45, 2.75) is 26.0 Å². The van der Waals surface area contributed by atoms with Crippen molar-refractivity contribution in [1.29, 1.82) is 0 Å². The van der Waals surface area contributed by atoms with Crippen LogP contribution in [0.1, 0.15) is 19.5 Å². The molecule has 0 spiro atoms. The average Bonchev–Trinajstić information content (AvgIpc) is 3.22. The maximum absolute atomic E-state index is 11.6. The zero-order valence-electron chi connectivity index (χ0n) is 14.4. The largest absolute Gasteiger partial charge is 0.508 e. The minimum Gasteiger partial charge on any atom is -0.508 e. The number of carbonyl (C=O) groups excluding carboxylic acids is 1. The van der Waals surface area contributed by atoms with Crippen LogP contribution < -0.4 is 10.1 Å². The summed E-state index contributed by atoms with van der Waals surface area (Å²) in [5.74, 6) is 0.942. The molecule has 7 heteroatoms. The third kappa shape index (κ3) is 3.76. The Balaban J connectivity index is 1.85. The number of aliphatic imine (C=N–C) groups is 1. The number of rotatable bonds is 5. The van der Waals surface area contributed by atoms with Gasteiger partial charge < -0.3 is 24.9 Å². The van der Waals surface area contributed by atoms with Gasteiger partial charge in [0.05, 0.1) is 6.10 Å². The number of amides is 1. The first kappa shape index (κ1) is 16.9. The highest BCUT2D eigenvalue weighted by atomic mass is 16.5. The van der Waals surface area contributed by atoms with E-state index in [1.807, 2.05) is 32.0 Å². The van der Waals surface area contributed by atoms with Gasteiger partial charge in [-0.15, -0.1) is 0 Å². The Labute approximate surface area is 145 Å². The summed E-state index contributed by atoms with van der Waals surface area (Å²) in [6, 6.07) is 8.23. The average molecular weight is 343 g/mol. The Morgan fingerprint density at radius 3 is 2.84 bits per heavy atom. The van der Waals surface area contributed by atoms with Crippen molar-refractivity contribution in [3.05, 3.63) is 36.0 Å². The molecule has 1 aromatic heterocycles. The number of nitrogens with one attached hydrogen (secondary N) is 2. The minimum atomic E-state index is -0.529. The van der Waals surface area contributed by atoms with Gasteiger partial charge in [0.25, 0.3) is 0 Å². The second-order valence-corrected chi connectivity index (χ2v) is 6.04. The van der Waals surface area contributed by atoms with Crippen LogP contribution in [-0.4, -0.2) is 47.7 Å². The minimum absolute atomic E-state index is 0.0109. The number of likely N-dealkylation sites (N-methyl/N-ethyl adjacent to an activating group) is 1. The number of hydrogen-bond donors (Lipinski definition) is 3. The van der Waals surface area contributed by atoms with Crippen LogP contribution in [0.2, 0.25) is 0 Å². The number of H-pyrrole nitrogens is 1. The van der Waals surface area contributed by atoms with Crippen LogP contribution in [0.15, 0.2) is 35.3 Å². The van der Waals surface area contributed by atoms with Gasteiger partial charge in [0.1, 0.15) is 23.8 Å². The number of aromatic nitrogens is 1. The van der Waals surface area contributed by atoms with E-state index in [1.165, 1.54) is 0 Å². The Kier molecular flexibility index (Phi) is 4.65. The lowest BCUT2D eigenvalue weighted by Gasteiger charge is -2.11. The summed E-state index contributed by atoms with van der Waals surface area (Å²) in [4.78, 5) is 19.1. The van der Waals surface area contributed by atoms with E-state index in [9.17, 15) is 9.90 Å². The summed E-state index contributed by atoms with van der Waals surface area (Å²) in [6.45, 7) is 4.08. The molecule has 0 saturated heterocycles. The molecule has 3 rings (SSSR count). The SMILES string of the molecule is CNC(=O)C1COC(c2ccc(-c3cc(O)cc(OC(C)C)c3)[nH]2)=N1. The highest BCUT2D eigenvalue weighted by Crippen LogP contribution is 2.29. The third-order valence-electron chi connectivity index (χ3n) is 3.69. The first-order valence-corrected chi connectivity index (χ1v) is 8.09. The van der Waals surface area contributed by atoms with Crippen molar-refractivity contribution in [3.63, 3.8) is 0 Å². The highest BCUT2D eigenvalue weighted by molar-refractivity contribution is 5.97. The second-order valence-electron chi connectivity index (χ2n) is 6.04. The first-order chi connectivity index (χ1) is 12.0. The highest BCUT2D eigenvalue weighted by Gasteiger charge is 2.26. The monoisotopic (exact) mass is 343 g/mol. The lowest BCUT2D eigenvalue weighted by Crippen LogP contribution is -2.31. The molecule has 2 aromatic rings. The summed E-state index contributed by atoms with van der Waals surface area (Å²) in [6.07, 6.45) is 0.0109. The molecule has 7 nitrogen and oxygen atoms in total. The molecule has 2 heterocycles. The fourth-order valence-corrected chi connectivity index (χ4v) is 2.59. The van der Waals surface area contributed by atoms with Gasteiger partial charge in [0.2, 0.25) is 11.8 Å². The summed E-state index contributed by atoms with van der Waals surface area (Å²) < 4.78 is 11.2. The predicted octanol–water partition coefficient (Wildman–Crippen LogP) is 2.07. The van der Waals surface area contributed by atoms with E-state index in [-0.39, 0.29) is 24.4 Å². The normalized spacial score (nSPS) is 16.5. The van der Waals surface area contributed by atoms with Crippen molar-refractivity contribution >= 4 is 11.8 Å². The van der Waals surface area contributed by atoms with Gasteiger partial charge in [0, 0.05) is 24.4 Å². The lowest BCUT2D eigenvalue weighted by molar-refractivity contribution is -0.122. The number of carbonyl (C=O) groups is 1. The molecule has 1 atom stereocenters. The van der Waals surface area contributed by atoms with E-state index < -0.39 is 6.04 Å². The summed E-state index contributed by atoms with van der Waals surface area (Å²) in [5.41, 5.74) is 2.24. The molecule has 132 valence electrons. The summed E-state index contributed by atoms with van der Waals surface area (Å²) >= 11 is 0. The topological polar surface area (TPSA) is 95.9 Å². The standard InChI is InChI=1S/C18H21N3O4/c1-10(2)25-13-7-11(6-12(22)8-13)14-4-5-15(20-14)18-21-16(9-24-18)17(23)19-3/h4-8,10,16,20,22H,9H2,1-3H3,(H,19,23). The molecule has 0 aliphatic carbocycles. The van der Waals surface area contributed by atoms with Gasteiger partial charge in [-0.3, -0.25) is 4.79 Å². The molecular formula is C18H21N3O4. The first-order valence-electron chi connectivity index (χ1n) is 8.09. The number of hydrogen-bond acceptors (Lipinski definition) is 5. The summed E-state index contributed by atoms with van der Waals surface area (Å²) in [7, 11) is 1.57. The van der Waals surface area contributed by atoms with Gasteiger partial charge in [0.15, 0.2) is 6.04 Å². The number of aromatic amines is 1. The maximum Gasteiger partial charge on any atom is 0.248 e. The molecule has 0 bridgehead atoms. The summed E-state index contributed by atoms with van der Waals surface area (Å²) in [5, 5.41) is 12.5. The van der Waals surface area contributed by atoms with Crippen LogP contribution in [0, 0.1) is 0 Å². The van der Waals surface area contributed by atoms with Crippen molar-refractivity contribution in [1.82, 2.24) is 10.3 Å². The van der Waals surface area contributed by atoms with Crippen LogP contribution in [-0.2, 0) is 9.53 Å². The van der Waals surface area contributed by atoms with Crippen molar-refractivity contribution in [3.8, 4) is 22.8 Å². The molecule has 0 fully saturated rings. The van der Waals surface area contributed by atoms with E-state index in [0.717, 1.165) is 11.3 Å². The van der Waals surface area contributed by atoms with E-state index in [1.54, 1.807) is 19.2 Å². The van der Waals surface area contributed by atoms with Crippen LogP contribution in [0.25, 0.3) is 11.3 Å². The molecule has 1 aliphatic rings. The fraction of sp³-hybridized carbons (Fsp3) is 0.333. The van der Waals surface area contributed by atoms with Gasteiger partial charge >= 0.3 is 0 Å². The molecule has 1 aromatic carbocycles. The fourth-order valence-electron chi connectivity index (χ4n) is 2.59. The number of ether oxygens (including phenoxy) is 2. The van der Waals surface area contributed by atoms with Gasteiger partial charge in [-0.05, 0) is 38.1 Å². The molecule has 1 unspecified atom stereocenters. The van der Waals surface area contributed by atoms with E-state index >= 15 is 0 Å². The zero-order chi connectivity index (χ0) is 18.0. The van der Waals surface area contributed by atoms with E-state index in [0.29, 0.717) is 17.3 Å². The van der Waals surface area contributed by atoms with Crippen LogP contribution in [0.4, 0.5) is 0 Å². The number of benzene rings is 1. The van der Waals surface area contributed by atoms with E-state index in [4.69, 9.17) is 9.47 Å². The zero-order valence-corrected chi connectivity index (χ0v) is 14.4. The second kappa shape index (κ2) is 6.88. The molecule has 0 radical (unpaired) electrons. The predicted molar refractivity (Wildman–Crippen MR) is 94.0 cm³/mol. The quantitative estimate of drug-likeness (QED) is 0.774.